The van der Waals surface area contributed by atoms with Crippen LogP contribution in [0.3, 0.4) is 0 Å². The summed E-state index contributed by atoms with van der Waals surface area (Å²) in [5, 5.41) is 2.86. The molecule has 3 nitrogen and oxygen atoms in total. The Kier molecular flexibility index (Phi) is 8.18. The monoisotopic (exact) mass is 265 g/mol. The topological polar surface area (TPSA) is 38.3 Å². The molecule has 0 aromatic rings. The van der Waals surface area contributed by atoms with Gasteiger partial charge in [-0.2, -0.15) is 0 Å². The molecule has 0 spiro atoms. The van der Waals surface area contributed by atoms with Crippen molar-refractivity contribution >= 4 is 21.8 Å². The maximum atomic E-state index is 11.4. The van der Waals surface area contributed by atoms with Gasteiger partial charge in [-0.15, -0.1) is 0 Å². The number of hydrogen-bond donors (Lipinski definition) is 1. The fraction of sp³-hybridized carbons (Fsp3) is 0.900. The number of amides is 1. The molecule has 14 heavy (non-hydrogen) atoms. The van der Waals surface area contributed by atoms with Crippen LogP contribution < -0.4 is 5.32 Å². The maximum absolute atomic E-state index is 11.4. The second-order valence-corrected chi connectivity index (χ2v) is 4.47. The molecule has 1 amide bonds. The summed E-state index contributed by atoms with van der Waals surface area (Å²) in [6, 6.07) is 0. The van der Waals surface area contributed by atoms with Gasteiger partial charge in [-0.05, 0) is 19.3 Å². The predicted octanol–water partition coefficient (Wildman–Crippen LogP) is 1.95. The molecule has 0 heterocycles. The molecule has 0 saturated carbocycles. The number of rotatable bonds is 7. The first-order valence-corrected chi connectivity index (χ1v) is 6.00. The number of ether oxygens (including phenoxy) is 1. The lowest BCUT2D eigenvalue weighted by atomic mass is 10.1. The fourth-order valence-electron chi connectivity index (χ4n) is 0.930. The molecule has 0 saturated heterocycles. The van der Waals surface area contributed by atoms with Gasteiger partial charge in [0, 0.05) is 19.8 Å². The minimum Gasteiger partial charge on any atom is -0.382 e. The molecule has 0 aliphatic carbocycles. The van der Waals surface area contributed by atoms with Crippen LogP contribution in [0.4, 0.5) is 0 Å². The van der Waals surface area contributed by atoms with E-state index in [-0.39, 0.29) is 10.7 Å². The van der Waals surface area contributed by atoms with Gasteiger partial charge in [0.05, 0.1) is 4.83 Å². The largest absolute Gasteiger partial charge is 0.382 e. The summed E-state index contributed by atoms with van der Waals surface area (Å²) in [6.45, 7) is 8.13. The maximum Gasteiger partial charge on any atom is 0.234 e. The van der Waals surface area contributed by atoms with Gasteiger partial charge in [0.2, 0.25) is 5.91 Å². The van der Waals surface area contributed by atoms with E-state index in [4.69, 9.17) is 4.74 Å². The van der Waals surface area contributed by atoms with Crippen LogP contribution in [0.2, 0.25) is 0 Å². The molecule has 0 radical (unpaired) electrons. The normalized spacial score (nSPS) is 12.9. The fourth-order valence-corrected chi connectivity index (χ4v) is 1.09. The summed E-state index contributed by atoms with van der Waals surface area (Å²) < 4.78 is 5.16. The zero-order valence-electron chi connectivity index (χ0n) is 9.18. The van der Waals surface area contributed by atoms with Gasteiger partial charge in [0.1, 0.15) is 0 Å². The van der Waals surface area contributed by atoms with Gasteiger partial charge in [0.15, 0.2) is 0 Å². The first kappa shape index (κ1) is 13.9. The lowest BCUT2D eigenvalue weighted by molar-refractivity contribution is -0.121. The Bertz CT molecular complexity index is 162. The molecule has 1 N–H and O–H groups in total. The van der Waals surface area contributed by atoms with Crippen LogP contribution >= 0.6 is 15.9 Å². The summed E-state index contributed by atoms with van der Waals surface area (Å²) in [6.07, 6.45) is 0.872. The Morgan fingerprint density at radius 1 is 1.50 bits per heavy atom. The molecule has 84 valence electrons. The minimum absolute atomic E-state index is 0.0662. The SMILES string of the molecule is CCOCCCNC(=O)C(Br)C(C)C. The van der Waals surface area contributed by atoms with E-state index in [1.54, 1.807) is 0 Å². The van der Waals surface area contributed by atoms with Crippen molar-refractivity contribution in [2.24, 2.45) is 5.92 Å². The Hall–Kier alpha value is -0.0900. The minimum atomic E-state index is -0.0883. The van der Waals surface area contributed by atoms with Crippen molar-refractivity contribution in [3.63, 3.8) is 0 Å². The van der Waals surface area contributed by atoms with Crippen LogP contribution in [-0.2, 0) is 9.53 Å². The van der Waals surface area contributed by atoms with Crippen LogP contribution in [0.25, 0.3) is 0 Å². The van der Waals surface area contributed by atoms with Crippen LogP contribution in [0.5, 0.6) is 0 Å². The highest BCUT2D eigenvalue weighted by atomic mass is 79.9. The average molecular weight is 266 g/mol. The Morgan fingerprint density at radius 3 is 2.64 bits per heavy atom. The third kappa shape index (κ3) is 6.38. The van der Waals surface area contributed by atoms with Crippen LogP contribution in [0.15, 0.2) is 0 Å². The lowest BCUT2D eigenvalue weighted by Gasteiger charge is -2.13. The first-order chi connectivity index (χ1) is 6.59. The zero-order valence-corrected chi connectivity index (χ0v) is 10.8. The second kappa shape index (κ2) is 8.24. The molecule has 0 fully saturated rings. The predicted molar refractivity (Wildman–Crippen MR) is 61.7 cm³/mol. The average Bonchev–Trinajstić information content (AvgIpc) is 2.16. The van der Waals surface area contributed by atoms with E-state index in [9.17, 15) is 4.79 Å². The van der Waals surface area contributed by atoms with Gasteiger partial charge >= 0.3 is 0 Å². The highest BCUT2D eigenvalue weighted by Crippen LogP contribution is 2.11. The number of carbonyl (C=O) groups excluding carboxylic acids is 1. The van der Waals surface area contributed by atoms with Crippen molar-refractivity contribution in [2.75, 3.05) is 19.8 Å². The first-order valence-electron chi connectivity index (χ1n) is 5.09. The molecule has 1 unspecified atom stereocenters. The molecule has 0 aromatic carbocycles. The van der Waals surface area contributed by atoms with Crippen molar-refractivity contribution in [3.8, 4) is 0 Å². The Labute approximate surface area is 94.7 Å². The summed E-state index contributed by atoms with van der Waals surface area (Å²) in [5.74, 6) is 0.387. The molecule has 0 aromatic heterocycles. The molecular formula is C10H20BrNO2. The van der Waals surface area contributed by atoms with E-state index in [1.807, 2.05) is 20.8 Å². The van der Waals surface area contributed by atoms with E-state index in [0.29, 0.717) is 19.1 Å². The van der Waals surface area contributed by atoms with Crippen molar-refractivity contribution in [2.45, 2.75) is 32.0 Å². The van der Waals surface area contributed by atoms with E-state index in [1.165, 1.54) is 0 Å². The van der Waals surface area contributed by atoms with Gasteiger partial charge < -0.3 is 10.1 Å². The van der Waals surface area contributed by atoms with Crippen LogP contribution in [0, 0.1) is 5.92 Å². The van der Waals surface area contributed by atoms with Crippen LogP contribution in [-0.4, -0.2) is 30.5 Å². The third-order valence-electron chi connectivity index (χ3n) is 1.80. The van der Waals surface area contributed by atoms with Crippen molar-refractivity contribution in [1.82, 2.24) is 5.32 Å². The van der Waals surface area contributed by atoms with Gasteiger partial charge in [-0.25, -0.2) is 0 Å². The Morgan fingerprint density at radius 2 is 2.14 bits per heavy atom. The van der Waals surface area contributed by atoms with Crippen molar-refractivity contribution in [1.29, 1.82) is 0 Å². The molecular weight excluding hydrogens is 246 g/mol. The molecule has 0 aliphatic heterocycles. The van der Waals surface area contributed by atoms with Crippen molar-refractivity contribution in [3.05, 3.63) is 0 Å². The summed E-state index contributed by atoms with van der Waals surface area (Å²) in [4.78, 5) is 11.3. The number of carbonyl (C=O) groups is 1. The van der Waals surface area contributed by atoms with Gasteiger partial charge in [0.25, 0.3) is 0 Å². The standard InChI is InChI=1S/C10H20BrNO2/c1-4-14-7-5-6-12-10(13)9(11)8(2)3/h8-9H,4-7H2,1-3H3,(H,12,13). The van der Waals surface area contributed by atoms with E-state index < -0.39 is 0 Å². The molecule has 0 rings (SSSR count). The Balaban J connectivity index is 3.44. The van der Waals surface area contributed by atoms with Crippen molar-refractivity contribution < 1.29 is 9.53 Å². The molecule has 0 bridgehead atoms. The summed E-state index contributed by atoms with van der Waals surface area (Å²) >= 11 is 3.35. The molecule has 0 aliphatic rings. The summed E-state index contributed by atoms with van der Waals surface area (Å²) in [5.41, 5.74) is 0. The van der Waals surface area contributed by atoms with Crippen LogP contribution in [0.1, 0.15) is 27.2 Å². The quantitative estimate of drug-likeness (QED) is 0.565. The van der Waals surface area contributed by atoms with E-state index >= 15 is 0 Å². The number of halogens is 1. The number of alkyl halides is 1. The third-order valence-corrected chi connectivity index (χ3v) is 3.28. The van der Waals surface area contributed by atoms with E-state index in [0.717, 1.165) is 13.0 Å². The highest BCUT2D eigenvalue weighted by molar-refractivity contribution is 9.10. The highest BCUT2D eigenvalue weighted by Gasteiger charge is 2.17. The molecule has 1 atom stereocenters. The smallest absolute Gasteiger partial charge is 0.234 e. The van der Waals surface area contributed by atoms with Gasteiger partial charge in [-0.1, -0.05) is 29.8 Å². The molecule has 4 heteroatoms. The number of hydrogen-bond acceptors (Lipinski definition) is 2. The second-order valence-electron chi connectivity index (χ2n) is 3.49. The lowest BCUT2D eigenvalue weighted by Crippen LogP contribution is -2.34. The zero-order chi connectivity index (χ0) is 11.0. The van der Waals surface area contributed by atoms with Gasteiger partial charge in [-0.3, -0.25) is 4.79 Å². The number of nitrogens with one attached hydrogen (secondary N) is 1. The summed E-state index contributed by atoms with van der Waals surface area (Å²) in [7, 11) is 0. The van der Waals surface area contributed by atoms with E-state index in [2.05, 4.69) is 21.2 Å².